The average Bonchev–Trinajstić information content (AvgIpc) is 3.35. The first kappa shape index (κ1) is 22.9. The first-order valence-corrected chi connectivity index (χ1v) is 13.1. The Morgan fingerprint density at radius 2 is 1.91 bits per heavy atom. The van der Waals surface area contributed by atoms with Gasteiger partial charge in [-0.15, -0.1) is 11.3 Å². The van der Waals surface area contributed by atoms with E-state index in [0.717, 1.165) is 19.3 Å². The lowest BCUT2D eigenvalue weighted by Crippen LogP contribution is -2.48. The highest BCUT2D eigenvalue weighted by atomic mass is 32.2. The number of nitrogens with zero attached hydrogens (tertiary/aromatic N) is 3. The summed E-state index contributed by atoms with van der Waals surface area (Å²) in [4.78, 5) is 31.0. The smallest absolute Gasteiger partial charge is 0.279 e. The number of carbonyl (C=O) groups is 2. The van der Waals surface area contributed by atoms with E-state index in [1.54, 1.807) is 18.5 Å². The van der Waals surface area contributed by atoms with Crippen molar-refractivity contribution >= 4 is 33.2 Å². The second-order valence-corrected chi connectivity index (χ2v) is 11.8. The van der Waals surface area contributed by atoms with Crippen molar-refractivity contribution in [1.82, 2.24) is 24.7 Å². The van der Waals surface area contributed by atoms with Crippen molar-refractivity contribution in [3.8, 4) is 0 Å². The Balaban J connectivity index is 1.29. The third kappa shape index (κ3) is 4.60. The molecule has 0 bridgehead atoms. The van der Waals surface area contributed by atoms with Gasteiger partial charge in [-0.25, -0.2) is 13.4 Å². The summed E-state index contributed by atoms with van der Waals surface area (Å²) in [6.45, 7) is 4.43. The Morgan fingerprint density at radius 3 is 2.56 bits per heavy atom. The minimum Gasteiger partial charge on any atom is -0.337 e. The fraction of sp³-hybridized carbons (Fsp3) is 0.571. The quantitative estimate of drug-likeness (QED) is 0.649. The molecule has 1 atom stereocenters. The Kier molecular flexibility index (Phi) is 6.42. The number of amides is 2. The molecule has 174 valence electrons. The normalized spacial score (nSPS) is 20.0. The number of hydrogen-bond acceptors (Lipinski definition) is 6. The molecule has 1 aliphatic carbocycles. The zero-order valence-electron chi connectivity index (χ0n) is 18.6. The molecule has 0 aromatic carbocycles. The van der Waals surface area contributed by atoms with Gasteiger partial charge in [-0.05, 0) is 56.6 Å². The number of sulfonamides is 1. The summed E-state index contributed by atoms with van der Waals surface area (Å²) in [6, 6.07) is 1.93. The van der Waals surface area contributed by atoms with Crippen LogP contribution in [-0.2, 0) is 34.7 Å². The molecular weight excluding hydrogens is 450 g/mol. The van der Waals surface area contributed by atoms with Crippen molar-refractivity contribution in [3.05, 3.63) is 33.4 Å². The van der Waals surface area contributed by atoms with E-state index >= 15 is 0 Å². The largest absolute Gasteiger partial charge is 0.337 e. The van der Waals surface area contributed by atoms with Gasteiger partial charge in [0.1, 0.15) is 5.82 Å². The first-order chi connectivity index (χ1) is 15.1. The van der Waals surface area contributed by atoms with Crippen LogP contribution >= 0.6 is 11.3 Å². The molecule has 1 saturated heterocycles. The van der Waals surface area contributed by atoms with Crippen LogP contribution in [0.25, 0.3) is 0 Å². The molecule has 2 N–H and O–H groups in total. The molecule has 32 heavy (non-hydrogen) atoms. The molecule has 2 aliphatic rings. The average molecular weight is 480 g/mol. The lowest BCUT2D eigenvalue weighted by atomic mass is 9.90. The number of carbonyl (C=O) groups excluding carboxylic acids is 2. The van der Waals surface area contributed by atoms with Gasteiger partial charge in [-0.3, -0.25) is 20.4 Å². The van der Waals surface area contributed by atoms with Gasteiger partial charge in [0.05, 0.1) is 4.88 Å². The summed E-state index contributed by atoms with van der Waals surface area (Å²) >= 11 is 1.49. The molecule has 1 unspecified atom stereocenters. The maximum atomic E-state index is 12.8. The number of rotatable bonds is 4. The van der Waals surface area contributed by atoms with Crippen molar-refractivity contribution in [1.29, 1.82) is 0 Å². The molecule has 0 radical (unpaired) electrons. The number of aryl methyl sites for hydroxylation is 3. The number of fused-ring (bicyclic) bond motifs is 1. The molecule has 0 saturated carbocycles. The summed E-state index contributed by atoms with van der Waals surface area (Å²) in [5.74, 6) is 0.290. The van der Waals surface area contributed by atoms with Gasteiger partial charge in [-0.1, -0.05) is 6.92 Å². The van der Waals surface area contributed by atoms with Crippen molar-refractivity contribution in [2.45, 2.75) is 51.0 Å². The standard InChI is InChI=1S/C21H29N5O4S2/c1-13-4-5-17-16(10-13)11-18(31-17)21(28)24-23-20(27)15-6-8-26(9-7-15)32(29,30)19-12-25(3)14(2)22-19/h11-13,15H,4-10H2,1-3H3,(H,23,27)(H,24,28). The van der Waals surface area contributed by atoms with Crippen LogP contribution in [-0.4, -0.2) is 47.2 Å². The van der Waals surface area contributed by atoms with Crippen LogP contribution in [0.4, 0.5) is 0 Å². The van der Waals surface area contributed by atoms with Gasteiger partial charge in [0.15, 0.2) is 5.03 Å². The molecule has 11 heteroatoms. The van der Waals surface area contributed by atoms with Crippen LogP contribution in [0.1, 0.15) is 52.1 Å². The van der Waals surface area contributed by atoms with Gasteiger partial charge in [-0.2, -0.15) is 4.31 Å². The summed E-state index contributed by atoms with van der Waals surface area (Å²) in [5.41, 5.74) is 6.28. The van der Waals surface area contributed by atoms with Crippen molar-refractivity contribution in [2.75, 3.05) is 13.1 Å². The van der Waals surface area contributed by atoms with Crippen molar-refractivity contribution < 1.29 is 18.0 Å². The molecule has 4 rings (SSSR count). The summed E-state index contributed by atoms with van der Waals surface area (Å²) in [6.07, 6.45) is 5.41. The monoisotopic (exact) mass is 479 g/mol. The molecule has 9 nitrogen and oxygen atoms in total. The number of aromatic nitrogens is 2. The third-order valence-electron chi connectivity index (χ3n) is 6.37. The molecule has 2 amide bonds. The van der Waals surface area contributed by atoms with Gasteiger partial charge in [0.25, 0.3) is 15.9 Å². The molecule has 0 spiro atoms. The predicted octanol–water partition coefficient (Wildman–Crippen LogP) is 1.78. The Morgan fingerprint density at radius 1 is 1.19 bits per heavy atom. The molecule has 3 heterocycles. The van der Waals surface area contributed by atoms with Gasteiger partial charge < -0.3 is 4.57 Å². The topological polar surface area (TPSA) is 113 Å². The van der Waals surface area contributed by atoms with Crippen molar-refractivity contribution in [2.24, 2.45) is 18.9 Å². The zero-order valence-corrected chi connectivity index (χ0v) is 20.2. The van der Waals surface area contributed by atoms with Crippen LogP contribution in [0.5, 0.6) is 0 Å². The van der Waals surface area contributed by atoms with Crippen molar-refractivity contribution in [3.63, 3.8) is 0 Å². The summed E-state index contributed by atoms with van der Waals surface area (Å²) in [5, 5.41) is 0.0284. The van der Waals surface area contributed by atoms with Crippen LogP contribution in [0, 0.1) is 18.8 Å². The Labute approximate surface area is 192 Å². The van der Waals surface area contributed by atoms with Gasteiger partial charge in [0.2, 0.25) is 5.91 Å². The Hall–Kier alpha value is -2.24. The predicted molar refractivity (Wildman–Crippen MR) is 121 cm³/mol. The number of thiophene rings is 1. The summed E-state index contributed by atoms with van der Waals surface area (Å²) in [7, 11) is -1.93. The second kappa shape index (κ2) is 8.95. The molecule has 2 aromatic heterocycles. The van der Waals surface area contributed by atoms with Crippen LogP contribution in [0.15, 0.2) is 17.3 Å². The SMILES string of the molecule is Cc1nc(S(=O)(=O)N2CCC(C(=O)NNC(=O)c3cc4c(s3)CCC(C)C4)CC2)cn1C. The van der Waals surface area contributed by atoms with E-state index in [0.29, 0.717) is 29.5 Å². The Bertz CT molecular complexity index is 1110. The fourth-order valence-corrected chi connectivity index (χ4v) is 6.84. The van der Waals surface area contributed by atoms with E-state index in [1.807, 2.05) is 6.07 Å². The molecule has 2 aromatic rings. The fourth-order valence-electron chi connectivity index (χ4n) is 4.24. The van der Waals surface area contributed by atoms with E-state index in [4.69, 9.17) is 0 Å². The third-order valence-corrected chi connectivity index (χ3v) is 9.37. The molecular formula is C21H29N5O4S2. The second-order valence-electron chi connectivity index (χ2n) is 8.77. The molecule has 1 aliphatic heterocycles. The number of imidazole rings is 1. The van der Waals surface area contributed by atoms with Crippen LogP contribution in [0.3, 0.4) is 0 Å². The minimum atomic E-state index is -3.68. The number of hydrogen-bond donors (Lipinski definition) is 2. The van der Waals surface area contributed by atoms with E-state index in [2.05, 4.69) is 22.8 Å². The zero-order chi connectivity index (χ0) is 23.0. The highest BCUT2D eigenvalue weighted by Crippen LogP contribution is 2.32. The van der Waals surface area contributed by atoms with E-state index in [1.165, 1.54) is 32.3 Å². The van der Waals surface area contributed by atoms with Gasteiger partial charge >= 0.3 is 0 Å². The summed E-state index contributed by atoms with van der Waals surface area (Å²) < 4.78 is 28.6. The maximum Gasteiger partial charge on any atom is 0.279 e. The lowest BCUT2D eigenvalue weighted by Gasteiger charge is -2.29. The van der Waals surface area contributed by atoms with Crippen LogP contribution in [0.2, 0.25) is 0 Å². The number of nitrogens with one attached hydrogen (secondary N) is 2. The van der Waals surface area contributed by atoms with E-state index in [-0.39, 0.29) is 35.8 Å². The lowest BCUT2D eigenvalue weighted by molar-refractivity contribution is -0.126. The highest BCUT2D eigenvalue weighted by molar-refractivity contribution is 7.89. The van der Waals surface area contributed by atoms with Gasteiger partial charge in [0, 0.05) is 37.1 Å². The maximum absolute atomic E-state index is 12.8. The van der Waals surface area contributed by atoms with E-state index < -0.39 is 10.0 Å². The highest BCUT2D eigenvalue weighted by Gasteiger charge is 2.33. The number of hydrazine groups is 1. The van der Waals surface area contributed by atoms with Crippen LogP contribution < -0.4 is 10.9 Å². The first-order valence-electron chi connectivity index (χ1n) is 10.9. The molecule has 1 fully saturated rings. The minimum absolute atomic E-state index is 0.0284. The number of piperidine rings is 1. The van der Waals surface area contributed by atoms with E-state index in [9.17, 15) is 18.0 Å².